The largest absolute Gasteiger partial charge is 0.493 e. The smallest absolute Gasteiger partial charge is 0.313 e. The number of rotatable bonds is 19. The van der Waals surface area contributed by atoms with Crippen LogP contribution in [0.3, 0.4) is 0 Å². The van der Waals surface area contributed by atoms with Gasteiger partial charge in [-0.15, -0.1) is 0 Å². The van der Waals surface area contributed by atoms with Crippen molar-refractivity contribution in [2.45, 2.75) is 98.0 Å². The van der Waals surface area contributed by atoms with Crippen LogP contribution in [0.5, 0.6) is 11.5 Å². The summed E-state index contributed by atoms with van der Waals surface area (Å²) >= 11 is 0. The zero-order chi connectivity index (χ0) is 31.1. The summed E-state index contributed by atoms with van der Waals surface area (Å²) in [5.74, 6) is 1.68. The Kier molecular flexibility index (Phi) is 15.7. The molecule has 8 nitrogen and oxygen atoms in total. The van der Waals surface area contributed by atoms with Gasteiger partial charge in [-0.3, -0.25) is 9.59 Å². The van der Waals surface area contributed by atoms with Crippen molar-refractivity contribution in [3.63, 3.8) is 0 Å². The Morgan fingerprint density at radius 1 is 0.952 bits per heavy atom. The first-order valence-electron chi connectivity index (χ1n) is 15.9. The summed E-state index contributed by atoms with van der Waals surface area (Å²) in [6.45, 7) is 9.97. The van der Waals surface area contributed by atoms with Crippen LogP contribution in [-0.2, 0) is 25.5 Å². The molecule has 1 aromatic rings. The summed E-state index contributed by atoms with van der Waals surface area (Å²) in [7, 11) is 4.75. The number of hydrogen-bond donors (Lipinski definition) is 2. The number of aliphatic hydroxyl groups excluding tert-OH is 1. The van der Waals surface area contributed by atoms with Crippen LogP contribution in [-0.4, -0.2) is 64.2 Å². The van der Waals surface area contributed by atoms with Crippen LogP contribution in [0, 0.1) is 29.1 Å². The van der Waals surface area contributed by atoms with E-state index in [0.717, 1.165) is 57.1 Å². The molecule has 1 saturated carbocycles. The van der Waals surface area contributed by atoms with Crippen LogP contribution < -0.4 is 14.8 Å². The molecule has 8 heteroatoms. The summed E-state index contributed by atoms with van der Waals surface area (Å²) in [5.41, 5.74) is 0.538. The molecular formula is C34H57NO7. The van der Waals surface area contributed by atoms with Crippen molar-refractivity contribution in [3.05, 3.63) is 23.8 Å². The second kappa shape index (κ2) is 18.4. The molecule has 0 heterocycles. The molecular weight excluding hydrogens is 534 g/mol. The number of methoxy groups -OCH3 is 3. The predicted molar refractivity (Wildman–Crippen MR) is 166 cm³/mol. The minimum Gasteiger partial charge on any atom is -0.493 e. The fraction of sp³-hybridized carbons (Fsp3) is 0.765. The van der Waals surface area contributed by atoms with E-state index in [9.17, 15) is 14.7 Å². The standard InChI is InChI=1S/C34H57NO7/c1-24(2)27(20-26-12-15-30(40-6)31(21-26)42-19-11-18-39-5)13-14-28(36)22-29(25(3)4)32(37)35-23-34(33(38)41-7)16-9-8-10-17-34/h12,15,21,24-25,27-29,36H,8-11,13-14,16-20,22-23H2,1-7H3,(H,35,37)/t27?,28-,29?/m1/s1. The lowest BCUT2D eigenvalue weighted by Gasteiger charge is -2.35. The fourth-order valence-corrected chi connectivity index (χ4v) is 6.11. The quantitative estimate of drug-likeness (QED) is 0.151. The Balaban J connectivity index is 1.97. The van der Waals surface area contributed by atoms with E-state index in [1.807, 2.05) is 19.9 Å². The highest BCUT2D eigenvalue weighted by Gasteiger charge is 2.41. The van der Waals surface area contributed by atoms with Gasteiger partial charge in [-0.1, -0.05) is 53.0 Å². The zero-order valence-corrected chi connectivity index (χ0v) is 27.2. The summed E-state index contributed by atoms with van der Waals surface area (Å²) < 4.78 is 21.7. The van der Waals surface area contributed by atoms with Crippen LogP contribution in [0.1, 0.15) is 91.0 Å². The van der Waals surface area contributed by atoms with E-state index in [0.29, 0.717) is 50.2 Å². The SMILES string of the molecule is COCCCOc1cc(CC(CC[C@@H](O)CC(C(=O)NCC2(C(=O)OC)CCCCC2)C(C)C)C(C)C)ccc1OC. The van der Waals surface area contributed by atoms with Crippen LogP contribution in [0.4, 0.5) is 0 Å². The third-order valence-electron chi connectivity index (χ3n) is 8.99. The lowest BCUT2D eigenvalue weighted by atomic mass is 9.73. The normalized spacial score (nSPS) is 17.0. The summed E-state index contributed by atoms with van der Waals surface area (Å²) in [6, 6.07) is 6.10. The number of nitrogens with one attached hydrogen (secondary N) is 1. The number of ether oxygens (including phenoxy) is 4. The minimum atomic E-state index is -0.635. The van der Waals surface area contributed by atoms with E-state index in [1.54, 1.807) is 14.2 Å². The third-order valence-corrected chi connectivity index (χ3v) is 8.99. The Morgan fingerprint density at radius 2 is 1.67 bits per heavy atom. The molecule has 1 fully saturated rings. The Labute approximate surface area is 254 Å². The van der Waals surface area contributed by atoms with Crippen molar-refractivity contribution in [3.8, 4) is 11.5 Å². The van der Waals surface area contributed by atoms with E-state index >= 15 is 0 Å². The molecule has 1 aliphatic rings. The highest BCUT2D eigenvalue weighted by atomic mass is 16.5. The van der Waals surface area contributed by atoms with Gasteiger partial charge in [0.25, 0.3) is 0 Å². The molecule has 1 amide bonds. The molecule has 0 radical (unpaired) electrons. The molecule has 0 spiro atoms. The third kappa shape index (κ3) is 11.1. The number of esters is 1. The van der Waals surface area contributed by atoms with Crippen LogP contribution in [0.15, 0.2) is 18.2 Å². The molecule has 0 aromatic heterocycles. The topological polar surface area (TPSA) is 103 Å². The maximum Gasteiger partial charge on any atom is 0.313 e. The highest BCUT2D eigenvalue weighted by Crippen LogP contribution is 2.37. The molecule has 0 bridgehead atoms. The van der Waals surface area contributed by atoms with E-state index in [2.05, 4.69) is 31.3 Å². The summed E-state index contributed by atoms with van der Waals surface area (Å²) in [4.78, 5) is 25.9. The summed E-state index contributed by atoms with van der Waals surface area (Å²) in [6.07, 6.45) is 7.49. The van der Waals surface area contributed by atoms with Gasteiger partial charge in [-0.05, 0) is 74.0 Å². The van der Waals surface area contributed by atoms with Gasteiger partial charge in [0.05, 0.1) is 32.3 Å². The number of carbonyl (C=O) groups excluding carboxylic acids is 2. The highest BCUT2D eigenvalue weighted by molar-refractivity contribution is 5.81. The molecule has 2 N–H and O–H groups in total. The molecule has 1 aromatic carbocycles. The fourth-order valence-electron chi connectivity index (χ4n) is 6.11. The van der Waals surface area contributed by atoms with E-state index in [1.165, 1.54) is 12.7 Å². The van der Waals surface area contributed by atoms with Crippen molar-refractivity contribution in [2.24, 2.45) is 29.1 Å². The molecule has 1 aliphatic carbocycles. The maximum atomic E-state index is 13.3. The van der Waals surface area contributed by atoms with E-state index in [-0.39, 0.29) is 23.7 Å². The number of carbonyl (C=O) groups is 2. The van der Waals surface area contributed by atoms with Gasteiger partial charge in [-0.25, -0.2) is 0 Å². The van der Waals surface area contributed by atoms with Gasteiger partial charge in [0.2, 0.25) is 5.91 Å². The van der Waals surface area contributed by atoms with Gasteiger partial charge in [0.1, 0.15) is 0 Å². The molecule has 2 rings (SSSR count). The van der Waals surface area contributed by atoms with Gasteiger partial charge in [0, 0.05) is 32.6 Å². The molecule has 2 unspecified atom stereocenters. The van der Waals surface area contributed by atoms with Crippen LogP contribution in [0.2, 0.25) is 0 Å². The monoisotopic (exact) mass is 591 g/mol. The molecule has 240 valence electrons. The number of aliphatic hydroxyl groups is 1. The Hall–Kier alpha value is -2.32. The average Bonchev–Trinajstić information content (AvgIpc) is 2.98. The zero-order valence-electron chi connectivity index (χ0n) is 27.2. The first-order chi connectivity index (χ1) is 20.1. The number of benzene rings is 1. The van der Waals surface area contributed by atoms with Gasteiger partial charge in [-0.2, -0.15) is 0 Å². The average molecular weight is 592 g/mol. The van der Waals surface area contributed by atoms with Gasteiger partial charge >= 0.3 is 5.97 Å². The lowest BCUT2D eigenvalue weighted by Crippen LogP contribution is -2.47. The minimum absolute atomic E-state index is 0.0718. The molecule has 42 heavy (non-hydrogen) atoms. The second-order valence-corrected chi connectivity index (χ2v) is 12.8. The van der Waals surface area contributed by atoms with Crippen molar-refractivity contribution >= 4 is 11.9 Å². The Morgan fingerprint density at radius 3 is 2.26 bits per heavy atom. The van der Waals surface area contributed by atoms with E-state index < -0.39 is 11.5 Å². The lowest BCUT2D eigenvalue weighted by molar-refractivity contribution is -0.155. The summed E-state index contributed by atoms with van der Waals surface area (Å²) in [5, 5.41) is 14.1. The first-order valence-corrected chi connectivity index (χ1v) is 15.9. The van der Waals surface area contributed by atoms with Crippen molar-refractivity contribution in [1.29, 1.82) is 0 Å². The first kappa shape index (κ1) is 35.9. The van der Waals surface area contributed by atoms with Crippen molar-refractivity contribution in [1.82, 2.24) is 5.32 Å². The number of hydrogen-bond acceptors (Lipinski definition) is 7. The second-order valence-electron chi connectivity index (χ2n) is 12.8. The predicted octanol–water partition coefficient (Wildman–Crippen LogP) is 5.97. The van der Waals surface area contributed by atoms with Crippen LogP contribution >= 0.6 is 0 Å². The maximum absolute atomic E-state index is 13.3. The molecule has 0 saturated heterocycles. The van der Waals surface area contributed by atoms with Gasteiger partial charge in [0.15, 0.2) is 11.5 Å². The van der Waals surface area contributed by atoms with E-state index in [4.69, 9.17) is 18.9 Å². The van der Waals surface area contributed by atoms with Crippen molar-refractivity contribution < 1.29 is 33.6 Å². The van der Waals surface area contributed by atoms with Crippen molar-refractivity contribution in [2.75, 3.05) is 41.1 Å². The van der Waals surface area contributed by atoms with Gasteiger partial charge < -0.3 is 29.4 Å². The molecule has 0 aliphatic heterocycles. The molecule has 3 atom stereocenters. The Bertz CT molecular complexity index is 942. The number of amides is 1. The van der Waals surface area contributed by atoms with Crippen LogP contribution in [0.25, 0.3) is 0 Å².